The second-order valence-corrected chi connectivity index (χ2v) is 5.99. The summed E-state index contributed by atoms with van der Waals surface area (Å²) in [5, 5.41) is 3.34. The minimum absolute atomic E-state index is 0.366. The maximum absolute atomic E-state index is 4.13. The highest BCUT2D eigenvalue weighted by atomic mass is 32.2. The number of rotatable bonds is 3. The summed E-state index contributed by atoms with van der Waals surface area (Å²) < 4.78 is 0. The molecule has 0 aliphatic carbocycles. The average Bonchev–Trinajstić information content (AvgIpc) is 2.31. The molecule has 1 N–H and O–H groups in total. The standard InChI is InChI=1S/C13H18N2S/c1-12(14-13-6-4-3-5-7-13)15-8-10-16(2)11-9-15/h3-7,14H,1-2,8-11H2. The van der Waals surface area contributed by atoms with E-state index in [-0.39, 0.29) is 0 Å². The first-order valence-corrected chi connectivity index (χ1v) is 7.22. The topological polar surface area (TPSA) is 15.3 Å². The Morgan fingerprint density at radius 1 is 1.19 bits per heavy atom. The smallest absolute Gasteiger partial charge is 0.0984 e. The van der Waals surface area contributed by atoms with Gasteiger partial charge in [-0.25, -0.2) is 0 Å². The lowest BCUT2D eigenvalue weighted by Crippen LogP contribution is -2.35. The third-order valence-corrected chi connectivity index (χ3v) is 4.26. The summed E-state index contributed by atoms with van der Waals surface area (Å²) in [4.78, 5) is 2.31. The van der Waals surface area contributed by atoms with Gasteiger partial charge in [-0.2, -0.15) is 10.5 Å². The molecule has 0 unspecified atom stereocenters. The van der Waals surface area contributed by atoms with Crippen molar-refractivity contribution >= 4 is 22.0 Å². The van der Waals surface area contributed by atoms with Gasteiger partial charge < -0.3 is 10.2 Å². The van der Waals surface area contributed by atoms with Crippen LogP contribution < -0.4 is 5.32 Å². The highest BCUT2D eigenvalue weighted by Crippen LogP contribution is 2.19. The normalized spacial score (nSPS) is 17.1. The van der Waals surface area contributed by atoms with Crippen molar-refractivity contribution in [2.24, 2.45) is 0 Å². The molecule has 0 radical (unpaired) electrons. The molecule has 16 heavy (non-hydrogen) atoms. The number of hydrogen-bond donors (Lipinski definition) is 1. The highest BCUT2D eigenvalue weighted by molar-refractivity contribution is 8.14. The summed E-state index contributed by atoms with van der Waals surface area (Å²) >= 11 is 0. The van der Waals surface area contributed by atoms with Gasteiger partial charge in [0.15, 0.2) is 0 Å². The molecule has 1 aliphatic rings. The zero-order valence-corrected chi connectivity index (χ0v) is 10.3. The first-order chi connectivity index (χ1) is 7.75. The van der Waals surface area contributed by atoms with E-state index in [1.165, 1.54) is 11.5 Å². The third kappa shape index (κ3) is 2.89. The van der Waals surface area contributed by atoms with Crippen LogP contribution in [0.5, 0.6) is 0 Å². The van der Waals surface area contributed by atoms with Crippen molar-refractivity contribution in [1.82, 2.24) is 4.90 Å². The SMILES string of the molecule is C=C(Nc1ccccc1)N1CCS(=C)CC1. The van der Waals surface area contributed by atoms with Crippen LogP contribution in [0, 0.1) is 0 Å². The number of nitrogens with one attached hydrogen (secondary N) is 1. The van der Waals surface area contributed by atoms with Crippen LogP contribution in [0.4, 0.5) is 5.69 Å². The van der Waals surface area contributed by atoms with Crippen LogP contribution in [0.15, 0.2) is 42.7 Å². The van der Waals surface area contributed by atoms with Gasteiger partial charge in [-0.3, -0.25) is 0 Å². The van der Waals surface area contributed by atoms with E-state index in [0.717, 1.165) is 24.6 Å². The molecule has 1 saturated heterocycles. The number of benzene rings is 1. The molecule has 0 saturated carbocycles. The van der Waals surface area contributed by atoms with Crippen molar-refractivity contribution in [2.45, 2.75) is 0 Å². The summed E-state index contributed by atoms with van der Waals surface area (Å²) in [5.41, 5.74) is 1.10. The van der Waals surface area contributed by atoms with Gasteiger partial charge >= 0.3 is 0 Å². The quantitative estimate of drug-likeness (QED) is 0.809. The van der Waals surface area contributed by atoms with Gasteiger partial charge in [0, 0.05) is 30.3 Å². The van der Waals surface area contributed by atoms with Crippen LogP contribution in [0.1, 0.15) is 0 Å². The third-order valence-electron chi connectivity index (χ3n) is 2.74. The van der Waals surface area contributed by atoms with Crippen molar-refractivity contribution in [3.8, 4) is 0 Å². The van der Waals surface area contributed by atoms with E-state index >= 15 is 0 Å². The fourth-order valence-electron chi connectivity index (χ4n) is 1.73. The van der Waals surface area contributed by atoms with Crippen molar-refractivity contribution in [3.63, 3.8) is 0 Å². The molecule has 0 bridgehead atoms. The average molecular weight is 234 g/mol. The molecule has 1 fully saturated rings. The van der Waals surface area contributed by atoms with E-state index in [0.29, 0.717) is 10.5 Å². The summed E-state index contributed by atoms with van der Waals surface area (Å²) in [7, 11) is 0.366. The molecule has 0 aromatic heterocycles. The fourth-order valence-corrected chi connectivity index (χ4v) is 2.89. The van der Waals surface area contributed by atoms with Crippen LogP contribution in [0.25, 0.3) is 0 Å². The Kier molecular flexibility index (Phi) is 3.67. The zero-order chi connectivity index (χ0) is 11.4. The first-order valence-electron chi connectivity index (χ1n) is 5.49. The van der Waals surface area contributed by atoms with Gasteiger partial charge in [0.2, 0.25) is 0 Å². The van der Waals surface area contributed by atoms with Gasteiger partial charge in [0.1, 0.15) is 0 Å². The maximum Gasteiger partial charge on any atom is 0.0984 e. The molecular formula is C13H18N2S. The van der Waals surface area contributed by atoms with E-state index in [4.69, 9.17) is 0 Å². The van der Waals surface area contributed by atoms with E-state index in [2.05, 4.69) is 34.8 Å². The molecule has 0 atom stereocenters. The summed E-state index contributed by atoms with van der Waals surface area (Å²) in [6, 6.07) is 10.2. The second-order valence-electron chi connectivity index (χ2n) is 3.95. The van der Waals surface area contributed by atoms with Crippen LogP contribution >= 0.6 is 10.5 Å². The highest BCUT2D eigenvalue weighted by Gasteiger charge is 2.13. The Labute approximate surface area is 99.9 Å². The predicted octanol–water partition coefficient (Wildman–Crippen LogP) is 2.59. The minimum atomic E-state index is 0.366. The number of anilines is 1. The number of hydrogen-bond acceptors (Lipinski definition) is 2. The molecular weight excluding hydrogens is 216 g/mol. The lowest BCUT2D eigenvalue weighted by Gasteiger charge is -2.32. The Hall–Kier alpha value is -1.22. The maximum atomic E-state index is 4.13. The summed E-state index contributed by atoms with van der Waals surface area (Å²) in [6.07, 6.45) is 0. The van der Waals surface area contributed by atoms with E-state index in [1.54, 1.807) is 0 Å². The lowest BCUT2D eigenvalue weighted by atomic mass is 10.3. The van der Waals surface area contributed by atoms with E-state index in [9.17, 15) is 0 Å². The van der Waals surface area contributed by atoms with Crippen molar-refractivity contribution in [3.05, 3.63) is 42.7 Å². The van der Waals surface area contributed by atoms with Gasteiger partial charge in [-0.1, -0.05) is 30.6 Å². The van der Waals surface area contributed by atoms with Gasteiger partial charge in [-0.15, -0.1) is 0 Å². The van der Waals surface area contributed by atoms with E-state index in [1.807, 2.05) is 18.2 Å². The molecule has 86 valence electrons. The van der Waals surface area contributed by atoms with E-state index < -0.39 is 0 Å². The Balaban J connectivity index is 1.91. The van der Waals surface area contributed by atoms with Gasteiger partial charge in [-0.05, 0) is 12.1 Å². The minimum Gasteiger partial charge on any atom is -0.357 e. The van der Waals surface area contributed by atoms with Crippen molar-refractivity contribution < 1.29 is 0 Å². The second kappa shape index (κ2) is 5.21. The summed E-state index contributed by atoms with van der Waals surface area (Å²) in [6.45, 7) is 6.25. The molecule has 1 heterocycles. The fraction of sp³-hybridized carbons (Fsp3) is 0.308. The monoisotopic (exact) mass is 234 g/mol. The molecule has 0 amide bonds. The molecule has 1 aromatic rings. The van der Waals surface area contributed by atoms with Crippen molar-refractivity contribution in [2.75, 3.05) is 29.9 Å². The van der Waals surface area contributed by atoms with Crippen LogP contribution in [-0.4, -0.2) is 35.4 Å². The van der Waals surface area contributed by atoms with Crippen LogP contribution in [0.2, 0.25) is 0 Å². The first kappa shape index (κ1) is 11.3. The van der Waals surface area contributed by atoms with Crippen LogP contribution in [-0.2, 0) is 0 Å². The zero-order valence-electron chi connectivity index (χ0n) is 9.48. The Morgan fingerprint density at radius 2 is 1.81 bits per heavy atom. The summed E-state index contributed by atoms with van der Waals surface area (Å²) in [5.74, 6) is 7.51. The largest absolute Gasteiger partial charge is 0.357 e. The molecule has 1 aliphatic heterocycles. The predicted molar refractivity (Wildman–Crippen MR) is 75.2 cm³/mol. The van der Waals surface area contributed by atoms with Gasteiger partial charge in [0.25, 0.3) is 0 Å². The van der Waals surface area contributed by atoms with Gasteiger partial charge in [0.05, 0.1) is 5.82 Å². The molecule has 1 aromatic carbocycles. The number of nitrogens with zero attached hydrogens (tertiary/aromatic N) is 1. The molecule has 0 spiro atoms. The molecule has 2 rings (SSSR count). The Bertz CT molecular complexity index is 376. The van der Waals surface area contributed by atoms with Crippen molar-refractivity contribution in [1.29, 1.82) is 0 Å². The Morgan fingerprint density at radius 3 is 2.44 bits per heavy atom. The number of para-hydroxylation sites is 1. The molecule has 2 nitrogen and oxygen atoms in total. The lowest BCUT2D eigenvalue weighted by molar-refractivity contribution is 0.386. The molecule has 3 heteroatoms. The van der Waals surface area contributed by atoms with Crippen LogP contribution in [0.3, 0.4) is 0 Å².